The monoisotopic (exact) mass is 440 g/mol. The van der Waals surface area contributed by atoms with Crippen molar-refractivity contribution in [1.82, 2.24) is 10.6 Å². The second-order valence-electron chi connectivity index (χ2n) is 8.27. The Morgan fingerprint density at radius 3 is 2.73 bits per heavy atom. The largest absolute Gasteiger partial charge is 0.490 e. The molecule has 0 aromatic heterocycles. The van der Waals surface area contributed by atoms with E-state index in [2.05, 4.69) is 10.6 Å². The number of hydrogen-bond acceptors (Lipinski definition) is 6. The van der Waals surface area contributed by atoms with Crippen LogP contribution in [0, 0.1) is 11.7 Å². The average molecular weight is 441 g/mol. The van der Waals surface area contributed by atoms with Gasteiger partial charge in [0.25, 0.3) is 0 Å². The van der Waals surface area contributed by atoms with Crippen LogP contribution in [0.4, 0.5) is 4.39 Å². The quantitative estimate of drug-likeness (QED) is 0.403. The van der Waals surface area contributed by atoms with Crippen molar-refractivity contribution in [3.63, 3.8) is 0 Å². The molecule has 9 heteroatoms. The lowest BCUT2D eigenvalue weighted by atomic mass is 10.0. The van der Waals surface area contributed by atoms with E-state index < -0.39 is 21.7 Å². The molecule has 2 aliphatic rings. The third-order valence-electron chi connectivity index (χ3n) is 5.46. The highest BCUT2D eigenvalue weighted by Gasteiger charge is 2.26. The van der Waals surface area contributed by atoms with Gasteiger partial charge in [-0.25, -0.2) is 12.8 Å². The minimum absolute atomic E-state index is 0.0101. The van der Waals surface area contributed by atoms with Crippen LogP contribution in [0.2, 0.25) is 0 Å². The number of halogens is 1. The number of carbonyl (C=O) groups excluding carboxylic acids is 2. The summed E-state index contributed by atoms with van der Waals surface area (Å²) in [6, 6.07) is 4.06. The molecule has 1 saturated carbocycles. The summed E-state index contributed by atoms with van der Waals surface area (Å²) < 4.78 is 44.5. The van der Waals surface area contributed by atoms with Crippen LogP contribution in [-0.4, -0.2) is 50.9 Å². The molecule has 1 aromatic rings. The summed E-state index contributed by atoms with van der Waals surface area (Å²) in [6.07, 6.45) is 3.28. The summed E-state index contributed by atoms with van der Waals surface area (Å²) in [5.41, 5.74) is 0.729. The SMILES string of the molecule is C[C@@H](CS(=O)(=O)CCCNC1CCC(=O)NC1=O)c1ccc(F)c(OCC2CC2)c1. The van der Waals surface area contributed by atoms with Gasteiger partial charge in [0.05, 0.1) is 24.2 Å². The van der Waals surface area contributed by atoms with Crippen LogP contribution >= 0.6 is 0 Å². The van der Waals surface area contributed by atoms with E-state index in [-0.39, 0.29) is 41.4 Å². The zero-order valence-corrected chi connectivity index (χ0v) is 18.0. The molecule has 1 aliphatic carbocycles. The van der Waals surface area contributed by atoms with Gasteiger partial charge >= 0.3 is 0 Å². The van der Waals surface area contributed by atoms with Gasteiger partial charge in [0.1, 0.15) is 0 Å². The van der Waals surface area contributed by atoms with E-state index in [9.17, 15) is 22.4 Å². The van der Waals surface area contributed by atoms with Crippen molar-refractivity contribution in [3.05, 3.63) is 29.6 Å². The number of carbonyl (C=O) groups is 2. The lowest BCUT2D eigenvalue weighted by Crippen LogP contribution is -2.50. The highest BCUT2D eigenvalue weighted by Crippen LogP contribution is 2.31. The van der Waals surface area contributed by atoms with E-state index in [1.165, 1.54) is 6.07 Å². The maximum atomic E-state index is 14.0. The summed E-state index contributed by atoms with van der Waals surface area (Å²) in [7, 11) is -3.32. The van der Waals surface area contributed by atoms with E-state index in [4.69, 9.17) is 4.74 Å². The zero-order valence-electron chi connectivity index (χ0n) is 17.2. The molecule has 2 N–H and O–H groups in total. The summed E-state index contributed by atoms with van der Waals surface area (Å²) in [6.45, 7) is 2.67. The summed E-state index contributed by atoms with van der Waals surface area (Å²) >= 11 is 0. The molecule has 3 rings (SSSR count). The second kappa shape index (κ2) is 9.87. The van der Waals surface area contributed by atoms with Crippen LogP contribution in [0.15, 0.2) is 18.2 Å². The molecule has 1 heterocycles. The molecule has 166 valence electrons. The lowest BCUT2D eigenvalue weighted by Gasteiger charge is -2.21. The Morgan fingerprint density at radius 1 is 1.27 bits per heavy atom. The van der Waals surface area contributed by atoms with E-state index in [1.807, 2.05) is 0 Å². The van der Waals surface area contributed by atoms with Gasteiger partial charge in [-0.05, 0) is 61.8 Å². The van der Waals surface area contributed by atoms with Gasteiger partial charge in [-0.1, -0.05) is 13.0 Å². The van der Waals surface area contributed by atoms with Gasteiger partial charge in [-0.15, -0.1) is 0 Å². The average Bonchev–Trinajstić information content (AvgIpc) is 3.50. The zero-order chi connectivity index (χ0) is 21.7. The predicted molar refractivity (Wildman–Crippen MR) is 110 cm³/mol. The van der Waals surface area contributed by atoms with Gasteiger partial charge in [0.15, 0.2) is 21.4 Å². The number of piperidine rings is 1. The number of hydrogen-bond donors (Lipinski definition) is 2. The molecule has 2 amide bonds. The van der Waals surface area contributed by atoms with Gasteiger partial charge < -0.3 is 10.1 Å². The number of nitrogens with one attached hydrogen (secondary N) is 2. The summed E-state index contributed by atoms with van der Waals surface area (Å²) in [4.78, 5) is 22.8. The molecule has 1 aromatic carbocycles. The maximum absolute atomic E-state index is 14.0. The van der Waals surface area contributed by atoms with Gasteiger partial charge in [-0.2, -0.15) is 0 Å². The molecule has 7 nitrogen and oxygen atoms in total. The predicted octanol–water partition coefficient (Wildman–Crippen LogP) is 1.92. The van der Waals surface area contributed by atoms with Crippen LogP contribution in [0.3, 0.4) is 0 Å². The number of amides is 2. The first-order valence-electron chi connectivity index (χ1n) is 10.4. The summed E-state index contributed by atoms with van der Waals surface area (Å²) in [5, 5.41) is 5.27. The number of benzene rings is 1. The molecule has 1 saturated heterocycles. The molecular formula is C21H29FN2O5S. The van der Waals surface area contributed by atoms with Crippen LogP contribution in [-0.2, 0) is 19.4 Å². The molecule has 0 bridgehead atoms. The first kappa shape index (κ1) is 22.7. The Balaban J connectivity index is 1.45. The fourth-order valence-electron chi connectivity index (χ4n) is 3.45. The first-order valence-corrected chi connectivity index (χ1v) is 12.3. The molecule has 30 heavy (non-hydrogen) atoms. The van der Waals surface area contributed by atoms with Crippen molar-refractivity contribution in [3.8, 4) is 5.75 Å². The number of ether oxygens (including phenoxy) is 1. The molecule has 1 aliphatic heterocycles. The molecule has 0 radical (unpaired) electrons. The second-order valence-corrected chi connectivity index (χ2v) is 10.5. The Labute approximate surface area is 176 Å². The van der Waals surface area contributed by atoms with Crippen LogP contribution in [0.25, 0.3) is 0 Å². The third-order valence-corrected chi connectivity index (χ3v) is 7.38. The van der Waals surface area contributed by atoms with Crippen molar-refractivity contribution in [2.75, 3.05) is 24.7 Å². The highest BCUT2D eigenvalue weighted by atomic mass is 32.2. The maximum Gasteiger partial charge on any atom is 0.243 e. The van der Waals surface area contributed by atoms with Crippen molar-refractivity contribution in [2.24, 2.45) is 5.92 Å². The van der Waals surface area contributed by atoms with E-state index in [0.717, 1.165) is 18.4 Å². The lowest BCUT2D eigenvalue weighted by molar-refractivity contribution is -0.134. The molecular weight excluding hydrogens is 411 g/mol. The fraction of sp³-hybridized carbons (Fsp3) is 0.619. The molecule has 2 atom stereocenters. The first-order chi connectivity index (χ1) is 14.2. The van der Waals surface area contributed by atoms with Crippen molar-refractivity contribution in [2.45, 2.75) is 51.0 Å². The van der Waals surface area contributed by atoms with Crippen molar-refractivity contribution < 1.29 is 27.1 Å². The van der Waals surface area contributed by atoms with Crippen LogP contribution in [0.1, 0.15) is 50.5 Å². The number of sulfone groups is 1. The van der Waals surface area contributed by atoms with Crippen LogP contribution < -0.4 is 15.4 Å². The minimum atomic E-state index is -3.32. The van der Waals surface area contributed by atoms with Gasteiger partial charge in [-0.3, -0.25) is 14.9 Å². The van der Waals surface area contributed by atoms with E-state index in [1.54, 1.807) is 19.1 Å². The smallest absolute Gasteiger partial charge is 0.243 e. The molecule has 2 fully saturated rings. The topological polar surface area (TPSA) is 102 Å². The Hall–Kier alpha value is -2.00. The van der Waals surface area contributed by atoms with Crippen molar-refractivity contribution in [1.29, 1.82) is 0 Å². The summed E-state index contributed by atoms with van der Waals surface area (Å²) in [5.74, 6) is -0.744. The number of imide groups is 1. The van der Waals surface area contributed by atoms with E-state index >= 15 is 0 Å². The van der Waals surface area contributed by atoms with Gasteiger partial charge in [0, 0.05) is 6.42 Å². The Bertz CT molecular complexity index is 885. The van der Waals surface area contributed by atoms with Crippen LogP contribution in [0.5, 0.6) is 5.75 Å². The number of rotatable bonds is 11. The highest BCUT2D eigenvalue weighted by molar-refractivity contribution is 7.91. The van der Waals surface area contributed by atoms with E-state index in [0.29, 0.717) is 31.9 Å². The minimum Gasteiger partial charge on any atom is -0.490 e. The Kier molecular flexibility index (Phi) is 7.46. The standard InChI is InChI=1S/C21H29FN2O5S/c1-14(16-5-6-17(22)19(11-16)29-12-15-3-4-15)13-30(27,28)10-2-9-23-18-7-8-20(25)24-21(18)26/h5-6,11,14-15,18,23H,2-4,7-10,12-13H2,1H3,(H,24,25,26)/t14-,18?/m0/s1. The fourth-order valence-corrected chi connectivity index (χ4v) is 5.15. The third kappa shape index (κ3) is 6.77. The Morgan fingerprint density at radius 2 is 2.03 bits per heavy atom. The molecule has 1 unspecified atom stereocenters. The van der Waals surface area contributed by atoms with Gasteiger partial charge in [0.2, 0.25) is 11.8 Å². The molecule has 0 spiro atoms. The van der Waals surface area contributed by atoms with Crippen molar-refractivity contribution >= 4 is 21.7 Å². The normalized spacial score (nSPS) is 20.7.